The molecule has 2 amide bonds. The van der Waals surface area contributed by atoms with E-state index in [2.05, 4.69) is 15.5 Å². The number of nitrogens with one attached hydrogen (secondary N) is 2. The number of anilines is 1. The molecule has 1 aromatic heterocycles. The Bertz CT molecular complexity index is 947. The molecular weight excluding hydrogens is 304 g/mol. The molecule has 24 heavy (non-hydrogen) atoms. The molecule has 120 valence electrons. The van der Waals surface area contributed by atoms with Gasteiger partial charge in [0.2, 0.25) is 5.91 Å². The van der Waals surface area contributed by atoms with Crippen molar-refractivity contribution in [2.75, 3.05) is 5.32 Å². The topological polar surface area (TPSA) is 78.1 Å². The molecule has 2 aromatic carbocycles. The average Bonchev–Trinajstić information content (AvgIpc) is 3.16. The summed E-state index contributed by atoms with van der Waals surface area (Å²) in [6, 6.07) is 14.4. The zero-order valence-corrected chi connectivity index (χ0v) is 13.1. The minimum atomic E-state index is -0.583. The number of amides is 2. The summed E-state index contributed by atoms with van der Waals surface area (Å²) in [6.45, 7) is 2.18. The molecule has 4 rings (SSSR count). The van der Waals surface area contributed by atoms with E-state index in [9.17, 15) is 9.59 Å². The molecule has 2 heterocycles. The van der Waals surface area contributed by atoms with E-state index < -0.39 is 6.04 Å². The minimum absolute atomic E-state index is 0.111. The van der Waals surface area contributed by atoms with Crippen LogP contribution in [0.25, 0.3) is 10.9 Å². The molecule has 2 N–H and O–H groups in total. The molecule has 1 aliphatic heterocycles. The fraction of sp³-hybridized carbons (Fsp3) is 0.167. The average molecular weight is 320 g/mol. The molecule has 0 unspecified atom stereocenters. The highest BCUT2D eigenvalue weighted by Crippen LogP contribution is 2.25. The van der Waals surface area contributed by atoms with E-state index in [1.165, 1.54) is 0 Å². The van der Waals surface area contributed by atoms with Crippen molar-refractivity contribution in [2.45, 2.75) is 19.5 Å². The fourth-order valence-electron chi connectivity index (χ4n) is 3.01. The van der Waals surface area contributed by atoms with Crippen LogP contribution in [-0.4, -0.2) is 33.0 Å². The van der Waals surface area contributed by atoms with Crippen molar-refractivity contribution in [3.8, 4) is 0 Å². The lowest BCUT2D eigenvalue weighted by atomic mass is 10.1. The second-order valence-electron chi connectivity index (χ2n) is 5.87. The van der Waals surface area contributed by atoms with Crippen molar-refractivity contribution in [2.24, 2.45) is 0 Å². The number of fused-ring (bicyclic) bond motifs is 2. The zero-order valence-electron chi connectivity index (χ0n) is 13.1. The summed E-state index contributed by atoms with van der Waals surface area (Å²) in [5, 5.41) is 10.7. The predicted molar refractivity (Wildman–Crippen MR) is 90.5 cm³/mol. The van der Waals surface area contributed by atoms with Gasteiger partial charge in [0.1, 0.15) is 6.04 Å². The molecule has 0 spiro atoms. The van der Waals surface area contributed by atoms with Gasteiger partial charge in [-0.25, -0.2) is 0 Å². The number of carbonyl (C=O) groups is 2. The SMILES string of the molecule is C[C@H](C(=O)Nc1n[nH]c2ccccc12)N1Cc2ccccc2C1=O. The third kappa shape index (κ3) is 2.23. The fourth-order valence-corrected chi connectivity index (χ4v) is 3.01. The predicted octanol–water partition coefficient (Wildman–Crippen LogP) is 2.55. The van der Waals surface area contributed by atoms with Crippen LogP contribution in [-0.2, 0) is 11.3 Å². The van der Waals surface area contributed by atoms with Crippen LogP contribution in [0.1, 0.15) is 22.8 Å². The van der Waals surface area contributed by atoms with Gasteiger partial charge in [-0.3, -0.25) is 14.7 Å². The molecule has 0 radical (unpaired) electrons. The minimum Gasteiger partial charge on any atom is -0.323 e. The lowest BCUT2D eigenvalue weighted by Crippen LogP contribution is -2.42. The molecular formula is C18H16N4O2. The summed E-state index contributed by atoms with van der Waals surface area (Å²) < 4.78 is 0. The van der Waals surface area contributed by atoms with Gasteiger partial charge in [0, 0.05) is 17.5 Å². The van der Waals surface area contributed by atoms with Gasteiger partial charge in [-0.1, -0.05) is 30.3 Å². The molecule has 0 bridgehead atoms. The van der Waals surface area contributed by atoms with E-state index in [4.69, 9.17) is 0 Å². The first-order valence-corrected chi connectivity index (χ1v) is 7.78. The molecule has 0 aliphatic carbocycles. The molecule has 1 aliphatic rings. The lowest BCUT2D eigenvalue weighted by molar-refractivity contribution is -0.120. The summed E-state index contributed by atoms with van der Waals surface area (Å²) >= 11 is 0. The molecule has 6 heteroatoms. The first-order chi connectivity index (χ1) is 11.6. The molecule has 0 fully saturated rings. The Labute approximate surface area is 138 Å². The van der Waals surface area contributed by atoms with Gasteiger partial charge in [-0.05, 0) is 30.7 Å². The van der Waals surface area contributed by atoms with E-state index in [1.54, 1.807) is 17.9 Å². The Hall–Kier alpha value is -3.15. The number of rotatable bonds is 3. The maximum Gasteiger partial charge on any atom is 0.255 e. The van der Waals surface area contributed by atoms with Gasteiger partial charge in [0.25, 0.3) is 5.91 Å². The maximum atomic E-state index is 12.6. The van der Waals surface area contributed by atoms with Gasteiger partial charge < -0.3 is 10.2 Å². The van der Waals surface area contributed by atoms with Crippen LogP contribution in [0, 0.1) is 0 Å². The van der Waals surface area contributed by atoms with Crippen molar-refractivity contribution >= 4 is 28.5 Å². The summed E-state index contributed by atoms with van der Waals surface area (Å²) in [5.74, 6) is 0.111. The van der Waals surface area contributed by atoms with Crippen LogP contribution in [0.5, 0.6) is 0 Å². The largest absolute Gasteiger partial charge is 0.323 e. The van der Waals surface area contributed by atoms with Crippen molar-refractivity contribution in [1.82, 2.24) is 15.1 Å². The highest BCUT2D eigenvalue weighted by Gasteiger charge is 2.33. The zero-order chi connectivity index (χ0) is 16.7. The number of H-pyrrole nitrogens is 1. The summed E-state index contributed by atoms with van der Waals surface area (Å²) in [7, 11) is 0. The van der Waals surface area contributed by atoms with Crippen LogP contribution in [0.15, 0.2) is 48.5 Å². The smallest absolute Gasteiger partial charge is 0.255 e. The summed E-state index contributed by atoms with van der Waals surface area (Å²) in [5.41, 5.74) is 2.47. The van der Waals surface area contributed by atoms with Crippen LogP contribution < -0.4 is 5.32 Å². The van der Waals surface area contributed by atoms with Crippen molar-refractivity contribution in [1.29, 1.82) is 0 Å². The van der Waals surface area contributed by atoms with E-state index in [-0.39, 0.29) is 11.8 Å². The quantitative estimate of drug-likeness (QED) is 0.778. The van der Waals surface area contributed by atoms with Gasteiger partial charge in [0.05, 0.1) is 5.52 Å². The molecule has 3 aromatic rings. The van der Waals surface area contributed by atoms with E-state index >= 15 is 0 Å². The number of aromatic amines is 1. The third-order valence-electron chi connectivity index (χ3n) is 4.41. The van der Waals surface area contributed by atoms with Crippen LogP contribution >= 0.6 is 0 Å². The Morgan fingerprint density at radius 3 is 2.79 bits per heavy atom. The third-order valence-corrected chi connectivity index (χ3v) is 4.41. The van der Waals surface area contributed by atoms with E-state index in [0.29, 0.717) is 17.9 Å². The van der Waals surface area contributed by atoms with Crippen molar-refractivity contribution in [3.05, 3.63) is 59.7 Å². The van der Waals surface area contributed by atoms with Gasteiger partial charge >= 0.3 is 0 Å². The number of carbonyl (C=O) groups excluding carboxylic acids is 2. The van der Waals surface area contributed by atoms with E-state index in [0.717, 1.165) is 16.5 Å². The Morgan fingerprint density at radius 1 is 1.21 bits per heavy atom. The highest BCUT2D eigenvalue weighted by atomic mass is 16.2. The Balaban J connectivity index is 1.54. The van der Waals surface area contributed by atoms with E-state index in [1.807, 2.05) is 42.5 Å². The van der Waals surface area contributed by atoms with Crippen LogP contribution in [0.4, 0.5) is 5.82 Å². The normalized spacial score (nSPS) is 14.7. The Kier molecular flexibility index (Phi) is 3.30. The highest BCUT2D eigenvalue weighted by molar-refractivity contribution is 6.05. The first-order valence-electron chi connectivity index (χ1n) is 7.78. The number of hydrogen-bond donors (Lipinski definition) is 2. The molecule has 1 atom stereocenters. The monoisotopic (exact) mass is 320 g/mol. The van der Waals surface area contributed by atoms with Gasteiger partial charge in [0.15, 0.2) is 5.82 Å². The second kappa shape index (κ2) is 5.49. The molecule has 0 saturated carbocycles. The number of para-hydroxylation sites is 1. The maximum absolute atomic E-state index is 12.6. The van der Waals surface area contributed by atoms with Crippen molar-refractivity contribution < 1.29 is 9.59 Å². The second-order valence-corrected chi connectivity index (χ2v) is 5.87. The van der Waals surface area contributed by atoms with Crippen LogP contribution in [0.2, 0.25) is 0 Å². The Morgan fingerprint density at radius 2 is 1.96 bits per heavy atom. The van der Waals surface area contributed by atoms with Crippen LogP contribution in [0.3, 0.4) is 0 Å². The lowest BCUT2D eigenvalue weighted by Gasteiger charge is -2.23. The molecule has 0 saturated heterocycles. The first kappa shape index (κ1) is 14.4. The number of benzene rings is 2. The summed E-state index contributed by atoms with van der Waals surface area (Å²) in [4.78, 5) is 26.6. The number of aromatic nitrogens is 2. The number of nitrogens with zero attached hydrogens (tertiary/aromatic N) is 2. The van der Waals surface area contributed by atoms with Gasteiger partial charge in [-0.15, -0.1) is 0 Å². The van der Waals surface area contributed by atoms with Crippen molar-refractivity contribution in [3.63, 3.8) is 0 Å². The number of hydrogen-bond acceptors (Lipinski definition) is 3. The van der Waals surface area contributed by atoms with Gasteiger partial charge in [-0.2, -0.15) is 5.10 Å². The standard InChI is InChI=1S/C18H16N4O2/c1-11(22-10-12-6-2-3-7-13(12)18(22)24)17(23)19-16-14-8-4-5-9-15(14)20-21-16/h2-9,11H,10H2,1H3,(H2,19,20,21,23)/t11-/m1/s1. The summed E-state index contributed by atoms with van der Waals surface area (Å²) in [6.07, 6.45) is 0. The molecule has 6 nitrogen and oxygen atoms in total.